The fourth-order valence-electron chi connectivity index (χ4n) is 2.19. The predicted molar refractivity (Wildman–Crippen MR) is 69.9 cm³/mol. The Morgan fingerprint density at radius 1 is 1.06 bits per heavy atom. The third kappa shape index (κ3) is 1.82. The fraction of sp³-hybridized carbons (Fsp3) is 0.400. The van der Waals surface area contributed by atoms with Crippen molar-refractivity contribution in [2.45, 2.75) is 40.0 Å². The monoisotopic (exact) mass is 213 g/mol. The average Bonchev–Trinajstić information content (AvgIpc) is 2.15. The summed E-state index contributed by atoms with van der Waals surface area (Å²) in [5.74, 6) is 0. The molecule has 1 nitrogen and oxygen atoms in total. The highest BCUT2D eigenvalue weighted by atomic mass is 14.7. The molecule has 0 amide bonds. The Bertz CT molecular complexity index is 533. The van der Waals surface area contributed by atoms with Crippen LogP contribution in [0.15, 0.2) is 24.3 Å². The number of para-hydroxylation sites is 1. The molecule has 0 N–H and O–H groups in total. The Hall–Kier alpha value is -1.37. The van der Waals surface area contributed by atoms with E-state index in [2.05, 4.69) is 58.9 Å². The van der Waals surface area contributed by atoms with Crippen molar-refractivity contribution >= 4 is 10.9 Å². The number of hydrogen-bond acceptors (Lipinski definition) is 1. The molecule has 1 heterocycles. The summed E-state index contributed by atoms with van der Waals surface area (Å²) in [6.07, 6.45) is 0. The van der Waals surface area contributed by atoms with Gasteiger partial charge in [-0.15, -0.1) is 0 Å². The van der Waals surface area contributed by atoms with E-state index in [4.69, 9.17) is 4.98 Å². The molecule has 1 aromatic carbocycles. The molecular weight excluding hydrogens is 194 g/mol. The van der Waals surface area contributed by atoms with Gasteiger partial charge in [0.1, 0.15) is 0 Å². The van der Waals surface area contributed by atoms with E-state index in [1.807, 2.05) is 0 Å². The van der Waals surface area contributed by atoms with Gasteiger partial charge in [-0.2, -0.15) is 0 Å². The molecule has 0 bridgehead atoms. The van der Waals surface area contributed by atoms with E-state index in [0.29, 0.717) is 0 Å². The number of nitrogens with zero attached hydrogens (tertiary/aromatic N) is 1. The first-order chi connectivity index (χ1) is 7.39. The molecule has 2 rings (SSSR count). The molecular formula is C15H19N. The van der Waals surface area contributed by atoms with Crippen LogP contribution in [0, 0.1) is 13.8 Å². The van der Waals surface area contributed by atoms with Gasteiger partial charge in [-0.1, -0.05) is 39.0 Å². The van der Waals surface area contributed by atoms with Gasteiger partial charge in [-0.3, -0.25) is 4.98 Å². The zero-order valence-electron chi connectivity index (χ0n) is 10.8. The first-order valence-electron chi connectivity index (χ1n) is 5.77. The van der Waals surface area contributed by atoms with Crippen LogP contribution >= 0.6 is 0 Å². The lowest BCUT2D eigenvalue weighted by molar-refractivity contribution is 0.594. The minimum absolute atomic E-state index is 0.146. The minimum atomic E-state index is 0.146. The second-order valence-corrected chi connectivity index (χ2v) is 5.53. The van der Waals surface area contributed by atoms with Gasteiger partial charge in [0, 0.05) is 11.1 Å². The van der Waals surface area contributed by atoms with E-state index < -0.39 is 0 Å². The Morgan fingerprint density at radius 2 is 1.75 bits per heavy atom. The summed E-state index contributed by atoms with van der Waals surface area (Å²) in [6, 6.07) is 8.63. The average molecular weight is 213 g/mol. The first kappa shape index (κ1) is 11.1. The van der Waals surface area contributed by atoms with E-state index in [1.54, 1.807) is 0 Å². The van der Waals surface area contributed by atoms with Gasteiger partial charge < -0.3 is 0 Å². The Morgan fingerprint density at radius 3 is 2.38 bits per heavy atom. The SMILES string of the molecule is Cc1cc(C)c2cccc(C(C)(C)C)c2n1. The molecule has 0 unspecified atom stereocenters. The molecule has 0 saturated carbocycles. The number of benzene rings is 1. The summed E-state index contributed by atoms with van der Waals surface area (Å²) in [5, 5.41) is 1.28. The zero-order valence-corrected chi connectivity index (χ0v) is 10.8. The largest absolute Gasteiger partial charge is 0.253 e. The van der Waals surface area contributed by atoms with Crippen LogP contribution in [0.25, 0.3) is 10.9 Å². The van der Waals surface area contributed by atoms with Gasteiger partial charge in [0.2, 0.25) is 0 Å². The number of fused-ring (bicyclic) bond motifs is 1. The van der Waals surface area contributed by atoms with Crippen molar-refractivity contribution < 1.29 is 0 Å². The van der Waals surface area contributed by atoms with E-state index in [9.17, 15) is 0 Å². The van der Waals surface area contributed by atoms with Crippen LogP contribution in [-0.4, -0.2) is 4.98 Å². The third-order valence-corrected chi connectivity index (χ3v) is 2.98. The van der Waals surface area contributed by atoms with Gasteiger partial charge in [-0.05, 0) is 36.5 Å². The quantitative estimate of drug-likeness (QED) is 0.640. The van der Waals surface area contributed by atoms with Crippen LogP contribution in [0.4, 0.5) is 0 Å². The van der Waals surface area contributed by atoms with Gasteiger partial charge in [0.15, 0.2) is 0 Å². The van der Waals surface area contributed by atoms with Crippen molar-refractivity contribution in [3.8, 4) is 0 Å². The molecule has 0 fully saturated rings. The standard InChI is InChI=1S/C15H19N/c1-10-9-11(2)16-14-12(10)7-6-8-13(14)15(3,4)5/h6-9H,1-5H3. The molecule has 16 heavy (non-hydrogen) atoms. The lowest BCUT2D eigenvalue weighted by Gasteiger charge is -2.21. The molecule has 0 aliphatic rings. The Balaban J connectivity index is 2.87. The summed E-state index contributed by atoms with van der Waals surface area (Å²) >= 11 is 0. The van der Waals surface area contributed by atoms with Crippen LogP contribution in [0.2, 0.25) is 0 Å². The number of rotatable bonds is 0. The first-order valence-corrected chi connectivity index (χ1v) is 5.77. The van der Waals surface area contributed by atoms with Crippen molar-refractivity contribution in [2.24, 2.45) is 0 Å². The lowest BCUT2D eigenvalue weighted by atomic mass is 9.85. The topological polar surface area (TPSA) is 12.9 Å². The highest BCUT2D eigenvalue weighted by Crippen LogP contribution is 2.30. The third-order valence-electron chi connectivity index (χ3n) is 2.98. The van der Waals surface area contributed by atoms with E-state index >= 15 is 0 Å². The van der Waals surface area contributed by atoms with Crippen molar-refractivity contribution in [2.75, 3.05) is 0 Å². The minimum Gasteiger partial charge on any atom is -0.253 e. The molecule has 0 radical (unpaired) electrons. The highest BCUT2D eigenvalue weighted by Gasteiger charge is 2.17. The molecule has 1 aromatic heterocycles. The molecule has 1 heteroatoms. The molecule has 0 aliphatic heterocycles. The van der Waals surface area contributed by atoms with Gasteiger partial charge in [0.25, 0.3) is 0 Å². The Labute approximate surface area is 97.5 Å². The molecule has 84 valence electrons. The maximum Gasteiger partial charge on any atom is 0.0745 e. The molecule has 0 spiro atoms. The summed E-state index contributed by atoms with van der Waals surface area (Å²) in [5.41, 5.74) is 5.05. The number of aromatic nitrogens is 1. The maximum absolute atomic E-state index is 4.70. The predicted octanol–water partition coefficient (Wildman–Crippen LogP) is 4.15. The van der Waals surface area contributed by atoms with Gasteiger partial charge >= 0.3 is 0 Å². The molecule has 0 aliphatic carbocycles. The van der Waals surface area contributed by atoms with Gasteiger partial charge in [0.05, 0.1) is 5.52 Å². The van der Waals surface area contributed by atoms with Crippen molar-refractivity contribution in [3.63, 3.8) is 0 Å². The normalized spacial score (nSPS) is 12.1. The number of aryl methyl sites for hydroxylation is 2. The van der Waals surface area contributed by atoms with Crippen molar-refractivity contribution in [3.05, 3.63) is 41.1 Å². The highest BCUT2D eigenvalue weighted by molar-refractivity contribution is 5.85. The summed E-state index contributed by atoms with van der Waals surface area (Å²) in [4.78, 5) is 4.70. The summed E-state index contributed by atoms with van der Waals surface area (Å²) in [6.45, 7) is 10.9. The van der Waals surface area contributed by atoms with E-state index in [1.165, 1.54) is 16.5 Å². The number of pyridine rings is 1. The van der Waals surface area contributed by atoms with Crippen LogP contribution < -0.4 is 0 Å². The smallest absolute Gasteiger partial charge is 0.0745 e. The van der Waals surface area contributed by atoms with Gasteiger partial charge in [-0.25, -0.2) is 0 Å². The maximum atomic E-state index is 4.70. The number of hydrogen-bond donors (Lipinski definition) is 0. The second-order valence-electron chi connectivity index (χ2n) is 5.53. The summed E-state index contributed by atoms with van der Waals surface area (Å²) < 4.78 is 0. The van der Waals surface area contributed by atoms with E-state index in [-0.39, 0.29) is 5.41 Å². The van der Waals surface area contributed by atoms with Crippen molar-refractivity contribution in [1.82, 2.24) is 4.98 Å². The van der Waals surface area contributed by atoms with Crippen molar-refractivity contribution in [1.29, 1.82) is 0 Å². The van der Waals surface area contributed by atoms with Crippen LogP contribution in [-0.2, 0) is 5.41 Å². The van der Waals surface area contributed by atoms with Crippen LogP contribution in [0.1, 0.15) is 37.6 Å². The molecule has 2 aromatic rings. The lowest BCUT2D eigenvalue weighted by Crippen LogP contribution is -2.12. The van der Waals surface area contributed by atoms with Crippen LogP contribution in [0.3, 0.4) is 0 Å². The second kappa shape index (κ2) is 3.58. The fourth-order valence-corrected chi connectivity index (χ4v) is 2.19. The Kier molecular flexibility index (Phi) is 2.49. The van der Waals surface area contributed by atoms with Crippen LogP contribution in [0.5, 0.6) is 0 Å². The summed E-state index contributed by atoms with van der Waals surface area (Å²) in [7, 11) is 0. The molecule has 0 saturated heterocycles. The molecule has 0 atom stereocenters. The zero-order chi connectivity index (χ0) is 11.9. The van der Waals surface area contributed by atoms with E-state index in [0.717, 1.165) is 11.2 Å².